The number of amides is 1. The lowest BCUT2D eigenvalue weighted by Crippen LogP contribution is -2.18. The van der Waals surface area contributed by atoms with E-state index in [0.717, 1.165) is 18.9 Å². The standard InChI is InChI=1S/C5H7NO/c7-5-4-1-3(4)2-6-5/h3-4H,1-2H2,(H,6,7)/t3-,4+/m1/s1. The molecule has 2 rings (SSSR count). The van der Waals surface area contributed by atoms with Crippen molar-refractivity contribution in [2.45, 2.75) is 6.42 Å². The van der Waals surface area contributed by atoms with Gasteiger partial charge in [0.25, 0.3) is 0 Å². The van der Waals surface area contributed by atoms with Crippen LogP contribution in [-0.2, 0) is 4.79 Å². The van der Waals surface area contributed by atoms with Crippen molar-refractivity contribution in [3.05, 3.63) is 0 Å². The lowest BCUT2D eigenvalue weighted by molar-refractivity contribution is -0.120. The van der Waals surface area contributed by atoms with Crippen LogP contribution < -0.4 is 5.32 Å². The molecule has 1 N–H and O–H groups in total. The smallest absolute Gasteiger partial charge is 0.223 e. The normalized spacial score (nSPS) is 45.4. The van der Waals surface area contributed by atoms with Gasteiger partial charge in [0, 0.05) is 12.5 Å². The van der Waals surface area contributed by atoms with Gasteiger partial charge < -0.3 is 5.32 Å². The summed E-state index contributed by atoms with van der Waals surface area (Å²) in [5.41, 5.74) is 0. The van der Waals surface area contributed by atoms with Crippen molar-refractivity contribution in [2.75, 3.05) is 6.54 Å². The van der Waals surface area contributed by atoms with Gasteiger partial charge in [0.05, 0.1) is 0 Å². The van der Waals surface area contributed by atoms with E-state index in [1.807, 2.05) is 0 Å². The molecule has 0 unspecified atom stereocenters. The average Bonchev–Trinajstić information content (AvgIpc) is 2.33. The van der Waals surface area contributed by atoms with E-state index in [9.17, 15) is 4.79 Å². The molecule has 2 heteroatoms. The summed E-state index contributed by atoms with van der Waals surface area (Å²) in [7, 11) is 0. The number of rotatable bonds is 0. The summed E-state index contributed by atoms with van der Waals surface area (Å²) in [6, 6.07) is 0. The third-order valence-electron chi connectivity index (χ3n) is 1.80. The molecule has 1 heterocycles. The summed E-state index contributed by atoms with van der Waals surface area (Å²) in [5, 5.41) is 2.78. The highest BCUT2D eigenvalue weighted by Gasteiger charge is 2.47. The highest BCUT2D eigenvalue weighted by Crippen LogP contribution is 2.41. The van der Waals surface area contributed by atoms with E-state index in [2.05, 4.69) is 5.32 Å². The molecule has 1 aliphatic heterocycles. The molecule has 0 radical (unpaired) electrons. The largest absolute Gasteiger partial charge is 0.356 e. The summed E-state index contributed by atoms with van der Waals surface area (Å²) < 4.78 is 0. The maximum Gasteiger partial charge on any atom is 0.223 e. The predicted molar refractivity (Wildman–Crippen MR) is 24.6 cm³/mol. The molecule has 0 aromatic heterocycles. The van der Waals surface area contributed by atoms with Crippen LogP contribution in [0.5, 0.6) is 0 Å². The molecule has 1 aliphatic carbocycles. The first-order chi connectivity index (χ1) is 3.38. The zero-order valence-electron chi connectivity index (χ0n) is 3.98. The number of carbonyl (C=O) groups is 1. The zero-order chi connectivity index (χ0) is 4.85. The van der Waals surface area contributed by atoms with Crippen molar-refractivity contribution in [1.82, 2.24) is 5.32 Å². The van der Waals surface area contributed by atoms with Gasteiger partial charge in [0.15, 0.2) is 0 Å². The number of hydrogen-bond acceptors (Lipinski definition) is 1. The molecule has 2 fully saturated rings. The Labute approximate surface area is 41.9 Å². The number of piperidine rings is 1. The second-order valence-electron chi connectivity index (χ2n) is 2.35. The molecule has 2 nitrogen and oxygen atoms in total. The van der Waals surface area contributed by atoms with Crippen LogP contribution in [0.4, 0.5) is 0 Å². The lowest BCUT2D eigenvalue weighted by atomic mass is 10.4. The molecule has 0 aromatic carbocycles. The van der Waals surface area contributed by atoms with Crippen LogP contribution in [0.1, 0.15) is 6.42 Å². The second-order valence-corrected chi connectivity index (χ2v) is 2.35. The van der Waals surface area contributed by atoms with Crippen molar-refractivity contribution in [3.8, 4) is 0 Å². The molecule has 38 valence electrons. The molecular weight excluding hydrogens is 90.1 g/mol. The quantitative estimate of drug-likeness (QED) is 0.444. The molecule has 0 aromatic rings. The van der Waals surface area contributed by atoms with Gasteiger partial charge in [0.2, 0.25) is 5.91 Å². The highest BCUT2D eigenvalue weighted by atomic mass is 16.2. The first kappa shape index (κ1) is 3.47. The Morgan fingerprint density at radius 3 is 2.71 bits per heavy atom. The molecule has 2 aliphatic rings. The van der Waals surface area contributed by atoms with Crippen molar-refractivity contribution in [3.63, 3.8) is 0 Å². The molecule has 0 bridgehead atoms. The predicted octanol–water partition coefficient (Wildman–Crippen LogP) is -0.248. The van der Waals surface area contributed by atoms with Gasteiger partial charge in [-0.05, 0) is 12.3 Å². The highest BCUT2D eigenvalue weighted by molar-refractivity contribution is 5.84. The summed E-state index contributed by atoms with van der Waals surface area (Å²) in [4.78, 5) is 10.5. The number of carbonyl (C=O) groups excluding carboxylic acids is 1. The molecule has 1 saturated heterocycles. The Balaban J connectivity index is 2.21. The van der Waals surface area contributed by atoms with Crippen LogP contribution in [0.2, 0.25) is 0 Å². The first-order valence-corrected chi connectivity index (χ1v) is 2.65. The van der Waals surface area contributed by atoms with Crippen molar-refractivity contribution in [2.24, 2.45) is 11.8 Å². The fourth-order valence-corrected chi connectivity index (χ4v) is 1.16. The van der Waals surface area contributed by atoms with Gasteiger partial charge in [-0.1, -0.05) is 0 Å². The van der Waals surface area contributed by atoms with Crippen LogP contribution in [0.15, 0.2) is 0 Å². The number of nitrogens with one attached hydrogen (secondary N) is 1. The molecule has 2 atom stereocenters. The third kappa shape index (κ3) is 0.315. The van der Waals surface area contributed by atoms with E-state index in [1.165, 1.54) is 0 Å². The van der Waals surface area contributed by atoms with Crippen LogP contribution in [0.3, 0.4) is 0 Å². The van der Waals surface area contributed by atoms with E-state index < -0.39 is 0 Å². The van der Waals surface area contributed by atoms with Crippen LogP contribution in [0, 0.1) is 11.8 Å². The fraction of sp³-hybridized carbons (Fsp3) is 0.800. The fourth-order valence-electron chi connectivity index (χ4n) is 1.16. The minimum absolute atomic E-state index is 0.282. The Morgan fingerprint density at radius 2 is 2.57 bits per heavy atom. The third-order valence-corrected chi connectivity index (χ3v) is 1.80. The molecule has 1 amide bonds. The van der Waals surface area contributed by atoms with Crippen molar-refractivity contribution >= 4 is 5.91 Å². The molecule has 0 spiro atoms. The van der Waals surface area contributed by atoms with Gasteiger partial charge in [-0.2, -0.15) is 0 Å². The Kier molecular flexibility index (Phi) is 0.412. The van der Waals surface area contributed by atoms with Gasteiger partial charge in [0.1, 0.15) is 0 Å². The second kappa shape index (κ2) is 0.831. The van der Waals surface area contributed by atoms with Gasteiger partial charge >= 0.3 is 0 Å². The van der Waals surface area contributed by atoms with E-state index in [1.54, 1.807) is 0 Å². The molecule has 7 heavy (non-hydrogen) atoms. The van der Waals surface area contributed by atoms with Crippen molar-refractivity contribution < 1.29 is 4.79 Å². The van der Waals surface area contributed by atoms with Gasteiger partial charge in [-0.25, -0.2) is 0 Å². The van der Waals surface area contributed by atoms with Crippen LogP contribution in [-0.4, -0.2) is 12.5 Å². The summed E-state index contributed by atoms with van der Waals surface area (Å²) in [5.74, 6) is 1.44. The SMILES string of the molecule is O=C1NC[C@H]2C[C@H]12. The van der Waals surface area contributed by atoms with Crippen LogP contribution in [0.25, 0.3) is 0 Å². The van der Waals surface area contributed by atoms with E-state index in [0.29, 0.717) is 5.92 Å². The Hall–Kier alpha value is -0.530. The number of hydrogen-bond donors (Lipinski definition) is 1. The van der Waals surface area contributed by atoms with Crippen molar-refractivity contribution in [1.29, 1.82) is 0 Å². The first-order valence-electron chi connectivity index (χ1n) is 2.65. The Morgan fingerprint density at radius 1 is 1.71 bits per heavy atom. The Bertz CT molecular complexity index is 121. The summed E-state index contributed by atoms with van der Waals surface area (Å²) >= 11 is 0. The van der Waals surface area contributed by atoms with E-state index in [-0.39, 0.29) is 5.91 Å². The maximum atomic E-state index is 10.5. The summed E-state index contributed by atoms with van der Waals surface area (Å²) in [6.45, 7) is 0.948. The minimum atomic E-state index is 0.282. The minimum Gasteiger partial charge on any atom is -0.356 e. The average molecular weight is 97.1 g/mol. The molecular formula is C5H7NO. The zero-order valence-corrected chi connectivity index (χ0v) is 3.98. The lowest BCUT2D eigenvalue weighted by Gasteiger charge is -1.89. The topological polar surface area (TPSA) is 29.1 Å². The molecule has 1 saturated carbocycles. The maximum absolute atomic E-state index is 10.5. The van der Waals surface area contributed by atoms with Crippen LogP contribution >= 0.6 is 0 Å². The number of fused-ring (bicyclic) bond motifs is 1. The van der Waals surface area contributed by atoms with Gasteiger partial charge in [-0.3, -0.25) is 4.79 Å². The van der Waals surface area contributed by atoms with E-state index in [4.69, 9.17) is 0 Å². The summed E-state index contributed by atoms with van der Waals surface area (Å²) in [6.07, 6.45) is 1.16. The van der Waals surface area contributed by atoms with E-state index >= 15 is 0 Å². The monoisotopic (exact) mass is 97.1 g/mol. The van der Waals surface area contributed by atoms with Gasteiger partial charge in [-0.15, -0.1) is 0 Å².